The van der Waals surface area contributed by atoms with Gasteiger partial charge in [-0.15, -0.1) is 0 Å². The summed E-state index contributed by atoms with van der Waals surface area (Å²) in [6.07, 6.45) is 0. The molecule has 6 rings (SSSR count). The lowest BCUT2D eigenvalue weighted by molar-refractivity contribution is 0.103. The minimum atomic E-state index is -0.0215. The fourth-order valence-electron chi connectivity index (χ4n) is 4.74. The Hall–Kier alpha value is -5.48. The van der Waals surface area contributed by atoms with E-state index in [0.717, 1.165) is 21.9 Å². The Bertz CT molecular complexity index is 1880. The van der Waals surface area contributed by atoms with Crippen molar-refractivity contribution in [2.75, 3.05) is 0 Å². The second kappa shape index (κ2) is 11.6. The van der Waals surface area contributed by atoms with Gasteiger partial charge in [0.2, 0.25) is 0 Å². The van der Waals surface area contributed by atoms with E-state index in [1.165, 1.54) is 0 Å². The van der Waals surface area contributed by atoms with Crippen molar-refractivity contribution in [1.82, 2.24) is 0 Å². The van der Waals surface area contributed by atoms with Gasteiger partial charge in [0.05, 0.1) is 0 Å². The molecule has 0 N–H and O–H groups in total. The van der Waals surface area contributed by atoms with Gasteiger partial charge in [-0.1, -0.05) is 71.8 Å². The molecule has 0 saturated heterocycles. The summed E-state index contributed by atoms with van der Waals surface area (Å²) < 4.78 is 12.3. The summed E-state index contributed by atoms with van der Waals surface area (Å²) in [5.74, 6) is 2.62. The third-order valence-corrected chi connectivity index (χ3v) is 7.14. The lowest BCUT2D eigenvalue weighted by Gasteiger charge is -2.12. The number of fused-ring (bicyclic) bond motifs is 1. The molecule has 0 bridgehead atoms. The highest BCUT2D eigenvalue weighted by Crippen LogP contribution is 2.33. The van der Waals surface area contributed by atoms with E-state index < -0.39 is 0 Å². The number of rotatable bonds is 8. The van der Waals surface area contributed by atoms with Crippen LogP contribution in [-0.4, -0.2) is 11.6 Å². The van der Waals surface area contributed by atoms with Crippen LogP contribution in [0.25, 0.3) is 10.8 Å². The Morgan fingerprint density at radius 1 is 0.452 bits per heavy atom. The Kier molecular flexibility index (Phi) is 7.35. The van der Waals surface area contributed by atoms with Gasteiger partial charge in [-0.25, -0.2) is 0 Å². The van der Waals surface area contributed by atoms with Crippen molar-refractivity contribution in [2.24, 2.45) is 0 Å². The summed E-state index contributed by atoms with van der Waals surface area (Å²) in [5, 5.41) is 1.89. The van der Waals surface area contributed by atoms with Crippen molar-refractivity contribution in [3.8, 4) is 23.0 Å². The van der Waals surface area contributed by atoms with Gasteiger partial charge in [0.15, 0.2) is 11.6 Å². The Morgan fingerprint density at radius 3 is 1.38 bits per heavy atom. The van der Waals surface area contributed by atoms with Crippen molar-refractivity contribution in [3.63, 3.8) is 0 Å². The summed E-state index contributed by atoms with van der Waals surface area (Å²) in [6.45, 7) is 4.00. The van der Waals surface area contributed by atoms with Crippen LogP contribution in [0.2, 0.25) is 0 Å². The minimum absolute atomic E-state index is 0.0210. The molecular formula is C38H28O4. The number of ketones is 2. The zero-order valence-electron chi connectivity index (χ0n) is 23.3. The van der Waals surface area contributed by atoms with Gasteiger partial charge >= 0.3 is 0 Å². The highest BCUT2D eigenvalue weighted by Gasteiger charge is 2.12. The first-order valence-corrected chi connectivity index (χ1v) is 13.7. The Balaban J connectivity index is 1.15. The zero-order chi connectivity index (χ0) is 29.1. The highest BCUT2D eigenvalue weighted by molar-refractivity contribution is 6.09. The van der Waals surface area contributed by atoms with E-state index in [9.17, 15) is 9.59 Å². The maximum Gasteiger partial charge on any atom is 0.193 e. The standard InChI is InChI=1S/C38H28O4/c1-25-6-10-27(11-7-25)37(39)29-14-18-32(19-15-29)41-34-22-23-35-31(24-34)4-3-5-36(35)42-33-20-16-30(17-21-33)38(40)28-12-8-26(2)9-13-28/h3-24H,1-2H3. The number of hydrogen-bond donors (Lipinski definition) is 0. The van der Waals surface area contributed by atoms with E-state index in [2.05, 4.69) is 0 Å². The SMILES string of the molecule is Cc1ccc(C(=O)c2ccc(Oc3ccc4c(Oc5ccc(C(=O)c6ccc(C)cc6)cc5)cccc4c3)cc2)cc1. The highest BCUT2D eigenvalue weighted by atomic mass is 16.5. The summed E-state index contributed by atoms with van der Waals surface area (Å²) in [4.78, 5) is 25.6. The number of benzene rings is 6. The van der Waals surface area contributed by atoms with Crippen LogP contribution in [0.15, 0.2) is 133 Å². The molecule has 0 heterocycles. The average Bonchev–Trinajstić information content (AvgIpc) is 3.02. The summed E-state index contributed by atoms with van der Waals surface area (Å²) in [5.41, 5.74) is 4.77. The first-order chi connectivity index (χ1) is 20.4. The number of carbonyl (C=O) groups is 2. The minimum Gasteiger partial charge on any atom is -0.457 e. The van der Waals surface area contributed by atoms with Crippen LogP contribution < -0.4 is 9.47 Å². The van der Waals surface area contributed by atoms with Gasteiger partial charge in [-0.2, -0.15) is 0 Å². The van der Waals surface area contributed by atoms with E-state index in [1.807, 2.05) is 111 Å². The van der Waals surface area contributed by atoms with Crippen LogP contribution in [-0.2, 0) is 0 Å². The molecule has 0 atom stereocenters. The number of aryl methyl sites for hydroxylation is 2. The third-order valence-electron chi connectivity index (χ3n) is 7.14. The molecule has 0 saturated carbocycles. The molecule has 4 heteroatoms. The predicted molar refractivity (Wildman–Crippen MR) is 166 cm³/mol. The molecule has 4 nitrogen and oxygen atoms in total. The van der Waals surface area contributed by atoms with Gasteiger partial charge in [-0.05, 0) is 92.0 Å². The molecule has 0 spiro atoms. The average molecular weight is 549 g/mol. The number of hydrogen-bond acceptors (Lipinski definition) is 4. The molecule has 0 aliphatic heterocycles. The maximum atomic E-state index is 12.8. The third kappa shape index (κ3) is 5.84. The quantitative estimate of drug-likeness (QED) is 0.178. The fourth-order valence-corrected chi connectivity index (χ4v) is 4.74. The van der Waals surface area contributed by atoms with Crippen LogP contribution in [0, 0.1) is 13.8 Å². The van der Waals surface area contributed by atoms with E-state index in [-0.39, 0.29) is 11.6 Å². The van der Waals surface area contributed by atoms with Gasteiger partial charge in [0.1, 0.15) is 23.0 Å². The van der Waals surface area contributed by atoms with Crippen LogP contribution in [0.4, 0.5) is 0 Å². The normalized spacial score (nSPS) is 10.8. The van der Waals surface area contributed by atoms with Crippen molar-refractivity contribution in [3.05, 3.63) is 167 Å². The second-order valence-corrected chi connectivity index (χ2v) is 10.3. The zero-order valence-corrected chi connectivity index (χ0v) is 23.3. The maximum absolute atomic E-state index is 12.8. The van der Waals surface area contributed by atoms with Gasteiger partial charge < -0.3 is 9.47 Å². The van der Waals surface area contributed by atoms with E-state index in [0.29, 0.717) is 45.3 Å². The van der Waals surface area contributed by atoms with Crippen molar-refractivity contribution in [1.29, 1.82) is 0 Å². The van der Waals surface area contributed by atoms with E-state index >= 15 is 0 Å². The van der Waals surface area contributed by atoms with Crippen LogP contribution in [0.1, 0.15) is 43.0 Å². The molecule has 0 unspecified atom stereocenters. The van der Waals surface area contributed by atoms with Crippen LogP contribution in [0.5, 0.6) is 23.0 Å². The van der Waals surface area contributed by atoms with Crippen LogP contribution >= 0.6 is 0 Å². The molecular weight excluding hydrogens is 520 g/mol. The predicted octanol–water partition coefficient (Wildman–Crippen LogP) is 9.50. The van der Waals surface area contributed by atoms with E-state index in [1.54, 1.807) is 36.4 Å². The summed E-state index contributed by atoms with van der Waals surface area (Å²) in [7, 11) is 0. The molecule has 0 amide bonds. The smallest absolute Gasteiger partial charge is 0.193 e. The lowest BCUT2D eigenvalue weighted by atomic mass is 10.0. The first kappa shape index (κ1) is 26.7. The fraction of sp³-hybridized carbons (Fsp3) is 0.0526. The largest absolute Gasteiger partial charge is 0.457 e. The lowest BCUT2D eigenvalue weighted by Crippen LogP contribution is -2.01. The van der Waals surface area contributed by atoms with Gasteiger partial charge in [0.25, 0.3) is 0 Å². The topological polar surface area (TPSA) is 52.6 Å². The first-order valence-electron chi connectivity index (χ1n) is 13.7. The molecule has 0 aliphatic rings. The Labute approximate surface area is 244 Å². The molecule has 42 heavy (non-hydrogen) atoms. The summed E-state index contributed by atoms with van der Waals surface area (Å²) >= 11 is 0. The molecule has 204 valence electrons. The van der Waals surface area contributed by atoms with E-state index in [4.69, 9.17) is 9.47 Å². The van der Waals surface area contributed by atoms with Crippen molar-refractivity contribution >= 4 is 22.3 Å². The molecule has 0 radical (unpaired) electrons. The van der Waals surface area contributed by atoms with Crippen LogP contribution in [0.3, 0.4) is 0 Å². The number of ether oxygens (including phenoxy) is 2. The molecule has 0 aliphatic carbocycles. The van der Waals surface area contributed by atoms with Gasteiger partial charge in [-0.3, -0.25) is 9.59 Å². The Morgan fingerprint density at radius 2 is 0.881 bits per heavy atom. The monoisotopic (exact) mass is 548 g/mol. The summed E-state index contributed by atoms with van der Waals surface area (Å²) in [6, 6.07) is 41.2. The molecule has 0 fully saturated rings. The van der Waals surface area contributed by atoms with Crippen molar-refractivity contribution < 1.29 is 19.1 Å². The van der Waals surface area contributed by atoms with Gasteiger partial charge in [0, 0.05) is 27.6 Å². The molecule has 0 aromatic heterocycles. The van der Waals surface area contributed by atoms with Crippen molar-refractivity contribution in [2.45, 2.75) is 13.8 Å². The molecule has 6 aromatic rings. The number of carbonyl (C=O) groups excluding carboxylic acids is 2. The second-order valence-electron chi connectivity index (χ2n) is 10.3. The molecule has 6 aromatic carbocycles.